The molecule has 2 fully saturated rings. The molecule has 1 saturated heterocycles. The number of carbonyl (C=O) groups is 1. The van der Waals surface area contributed by atoms with E-state index in [1.807, 2.05) is 0 Å². The number of rotatable bonds is 8. The summed E-state index contributed by atoms with van der Waals surface area (Å²) >= 11 is 0. The Bertz CT molecular complexity index is 523. The first-order chi connectivity index (χ1) is 11.7. The molecule has 5 nitrogen and oxygen atoms in total. The number of piperazine rings is 1. The lowest BCUT2D eigenvalue weighted by atomic mass is 10.1. The minimum atomic E-state index is 0.00340. The van der Waals surface area contributed by atoms with Crippen molar-refractivity contribution in [1.29, 1.82) is 0 Å². The second kappa shape index (κ2) is 7.99. The number of hydrogen-bond donors (Lipinski definition) is 2. The van der Waals surface area contributed by atoms with Crippen LogP contribution < -0.4 is 10.2 Å². The maximum absolute atomic E-state index is 11.9. The van der Waals surface area contributed by atoms with E-state index < -0.39 is 0 Å². The summed E-state index contributed by atoms with van der Waals surface area (Å²) < 4.78 is 0. The van der Waals surface area contributed by atoms with Crippen LogP contribution in [0.5, 0.6) is 0 Å². The molecule has 1 saturated carbocycles. The van der Waals surface area contributed by atoms with E-state index in [1.165, 1.54) is 5.69 Å². The minimum absolute atomic E-state index is 0.00340. The zero-order chi connectivity index (χ0) is 16.8. The number of nitrogens with zero attached hydrogens (tertiary/aromatic N) is 2. The van der Waals surface area contributed by atoms with E-state index in [2.05, 4.69) is 45.4 Å². The van der Waals surface area contributed by atoms with Crippen molar-refractivity contribution in [1.82, 2.24) is 10.2 Å². The third-order valence-electron chi connectivity index (χ3n) is 5.32. The van der Waals surface area contributed by atoms with Crippen LogP contribution in [0.25, 0.3) is 0 Å². The molecule has 0 aromatic heterocycles. The Morgan fingerprint density at radius 3 is 2.46 bits per heavy atom. The van der Waals surface area contributed by atoms with E-state index in [0.29, 0.717) is 13.0 Å². The van der Waals surface area contributed by atoms with E-state index in [-0.39, 0.29) is 17.9 Å². The number of carbonyl (C=O) groups excluding carboxylic acids is 1. The van der Waals surface area contributed by atoms with Gasteiger partial charge in [-0.25, -0.2) is 0 Å². The molecule has 0 bridgehead atoms. The molecule has 0 spiro atoms. The lowest BCUT2D eigenvalue weighted by molar-refractivity contribution is -0.121. The molecule has 0 atom stereocenters. The van der Waals surface area contributed by atoms with Crippen LogP contribution in [-0.4, -0.2) is 61.8 Å². The number of anilines is 1. The smallest absolute Gasteiger partial charge is 0.220 e. The monoisotopic (exact) mass is 331 g/mol. The predicted molar refractivity (Wildman–Crippen MR) is 96.1 cm³/mol. The van der Waals surface area contributed by atoms with Crippen molar-refractivity contribution in [3.63, 3.8) is 0 Å². The molecule has 2 aliphatic rings. The van der Waals surface area contributed by atoms with Gasteiger partial charge in [-0.15, -0.1) is 0 Å². The van der Waals surface area contributed by atoms with Crippen molar-refractivity contribution in [2.45, 2.75) is 25.7 Å². The number of aliphatic hydroxyl groups is 1. The quantitative estimate of drug-likeness (QED) is 0.758. The zero-order valence-corrected chi connectivity index (χ0v) is 14.4. The van der Waals surface area contributed by atoms with Crippen LogP contribution in [0.15, 0.2) is 30.3 Å². The molecular weight excluding hydrogens is 302 g/mol. The van der Waals surface area contributed by atoms with Crippen molar-refractivity contribution in [2.24, 2.45) is 5.41 Å². The summed E-state index contributed by atoms with van der Waals surface area (Å²) in [7, 11) is 0. The van der Waals surface area contributed by atoms with Crippen LogP contribution in [0, 0.1) is 5.41 Å². The molecule has 0 radical (unpaired) electrons. The average molecular weight is 331 g/mol. The van der Waals surface area contributed by atoms with Crippen molar-refractivity contribution in [2.75, 3.05) is 50.8 Å². The molecule has 1 amide bonds. The van der Waals surface area contributed by atoms with E-state index in [9.17, 15) is 9.90 Å². The van der Waals surface area contributed by atoms with Gasteiger partial charge in [0.1, 0.15) is 0 Å². The van der Waals surface area contributed by atoms with Gasteiger partial charge in [-0.2, -0.15) is 0 Å². The average Bonchev–Trinajstić information content (AvgIpc) is 3.42. The number of hydrogen-bond acceptors (Lipinski definition) is 4. The highest BCUT2D eigenvalue weighted by atomic mass is 16.3. The summed E-state index contributed by atoms with van der Waals surface area (Å²) in [6.07, 6.45) is 3.56. The summed E-state index contributed by atoms with van der Waals surface area (Å²) in [5.74, 6) is 0.123. The Labute approximate surface area is 144 Å². The molecule has 24 heavy (non-hydrogen) atoms. The van der Waals surface area contributed by atoms with Crippen molar-refractivity contribution < 1.29 is 9.90 Å². The Kier molecular flexibility index (Phi) is 5.74. The molecule has 2 N–H and O–H groups in total. The van der Waals surface area contributed by atoms with E-state index in [1.54, 1.807) is 0 Å². The normalized spacial score (nSPS) is 20.0. The lowest BCUT2D eigenvalue weighted by Crippen LogP contribution is -2.46. The van der Waals surface area contributed by atoms with Gasteiger partial charge in [0.2, 0.25) is 5.91 Å². The van der Waals surface area contributed by atoms with Crippen LogP contribution in [0.3, 0.4) is 0 Å². The molecule has 0 unspecified atom stereocenters. The lowest BCUT2D eigenvalue weighted by Gasteiger charge is -2.36. The highest BCUT2D eigenvalue weighted by molar-refractivity contribution is 5.75. The van der Waals surface area contributed by atoms with Gasteiger partial charge < -0.3 is 15.3 Å². The number of nitrogens with one attached hydrogen (secondary N) is 1. The van der Waals surface area contributed by atoms with Crippen molar-refractivity contribution in [3.8, 4) is 0 Å². The van der Waals surface area contributed by atoms with E-state index in [0.717, 1.165) is 52.0 Å². The molecule has 1 aliphatic carbocycles. The third-order valence-corrected chi connectivity index (χ3v) is 5.32. The molecule has 3 rings (SSSR count). The number of para-hydroxylation sites is 1. The van der Waals surface area contributed by atoms with Gasteiger partial charge in [-0.3, -0.25) is 9.69 Å². The third kappa shape index (κ3) is 4.71. The molecule has 1 aromatic carbocycles. The van der Waals surface area contributed by atoms with E-state index >= 15 is 0 Å². The second-order valence-corrected chi connectivity index (χ2v) is 7.20. The van der Waals surface area contributed by atoms with Crippen molar-refractivity contribution >= 4 is 11.6 Å². The molecule has 1 aromatic rings. The Balaban J connectivity index is 1.29. The molecule has 5 heteroatoms. The zero-order valence-electron chi connectivity index (χ0n) is 14.4. The highest BCUT2D eigenvalue weighted by Crippen LogP contribution is 2.44. The summed E-state index contributed by atoms with van der Waals surface area (Å²) in [4.78, 5) is 16.8. The predicted octanol–water partition coefficient (Wildman–Crippen LogP) is 1.48. The summed E-state index contributed by atoms with van der Waals surface area (Å²) in [5.41, 5.74) is 1.30. The number of aliphatic hydroxyl groups excluding tert-OH is 1. The molecular formula is C19H29N3O2. The van der Waals surface area contributed by atoms with Crippen LogP contribution >= 0.6 is 0 Å². The fourth-order valence-corrected chi connectivity index (χ4v) is 3.27. The SMILES string of the molecule is O=C(CCCN1CCN(c2ccccc2)CC1)NCC1(CO)CC1. The number of amides is 1. The van der Waals surface area contributed by atoms with Gasteiger partial charge in [0.25, 0.3) is 0 Å². The maximum atomic E-state index is 11.9. The first-order valence-corrected chi connectivity index (χ1v) is 9.11. The fraction of sp³-hybridized carbons (Fsp3) is 0.632. The fourth-order valence-electron chi connectivity index (χ4n) is 3.27. The number of benzene rings is 1. The summed E-state index contributed by atoms with van der Waals surface area (Å²) in [6.45, 7) is 6.04. The maximum Gasteiger partial charge on any atom is 0.220 e. The minimum Gasteiger partial charge on any atom is -0.396 e. The van der Waals surface area contributed by atoms with Gasteiger partial charge in [0.05, 0.1) is 6.61 Å². The Hall–Kier alpha value is -1.59. The van der Waals surface area contributed by atoms with Crippen molar-refractivity contribution in [3.05, 3.63) is 30.3 Å². The van der Waals surface area contributed by atoms with Crippen LogP contribution in [-0.2, 0) is 4.79 Å². The first kappa shape index (κ1) is 17.2. The summed E-state index contributed by atoms with van der Waals surface area (Å²) in [6, 6.07) is 10.6. The standard InChI is InChI=1S/C19H29N3O2/c23-16-19(8-9-19)15-20-18(24)7-4-10-21-11-13-22(14-12-21)17-5-2-1-3-6-17/h1-3,5-6,23H,4,7-16H2,(H,20,24). The van der Waals surface area contributed by atoms with Gasteiger partial charge in [-0.1, -0.05) is 18.2 Å². The second-order valence-electron chi connectivity index (χ2n) is 7.20. The van der Waals surface area contributed by atoms with Gasteiger partial charge >= 0.3 is 0 Å². The van der Waals surface area contributed by atoms with Crippen LogP contribution in [0.2, 0.25) is 0 Å². The molecule has 1 heterocycles. The largest absolute Gasteiger partial charge is 0.396 e. The van der Waals surface area contributed by atoms with Gasteiger partial charge in [0, 0.05) is 50.2 Å². The summed E-state index contributed by atoms with van der Waals surface area (Å²) in [5, 5.41) is 12.2. The first-order valence-electron chi connectivity index (χ1n) is 9.11. The molecule has 132 valence electrons. The Morgan fingerprint density at radius 2 is 1.83 bits per heavy atom. The Morgan fingerprint density at radius 1 is 1.12 bits per heavy atom. The van der Waals surface area contributed by atoms with Crippen LogP contribution in [0.4, 0.5) is 5.69 Å². The van der Waals surface area contributed by atoms with Crippen LogP contribution in [0.1, 0.15) is 25.7 Å². The molecule has 1 aliphatic heterocycles. The van der Waals surface area contributed by atoms with E-state index in [4.69, 9.17) is 0 Å². The topological polar surface area (TPSA) is 55.8 Å². The highest BCUT2D eigenvalue weighted by Gasteiger charge is 2.41. The van der Waals surface area contributed by atoms with Gasteiger partial charge in [-0.05, 0) is 37.9 Å². The van der Waals surface area contributed by atoms with Gasteiger partial charge in [0.15, 0.2) is 0 Å².